The van der Waals surface area contributed by atoms with Crippen LogP contribution < -0.4 is 0 Å². The van der Waals surface area contributed by atoms with Crippen LogP contribution in [0, 0.1) is 25.2 Å². The minimum absolute atomic E-state index is 0.220. The molecule has 0 bridgehead atoms. The number of benzene rings is 1. The first-order chi connectivity index (χ1) is 14.2. The van der Waals surface area contributed by atoms with Gasteiger partial charge in [0.1, 0.15) is 11.8 Å². The van der Waals surface area contributed by atoms with Crippen LogP contribution in [-0.4, -0.2) is 19.9 Å². The molecule has 3 aromatic rings. The molecule has 2 heterocycles. The highest BCUT2D eigenvalue weighted by Gasteiger charge is 2.37. The summed E-state index contributed by atoms with van der Waals surface area (Å²) in [6.45, 7) is 3.21. The summed E-state index contributed by atoms with van der Waals surface area (Å²) >= 11 is 11.6. The minimum atomic E-state index is -4.77. The number of nitriles is 1. The van der Waals surface area contributed by atoms with Crippen molar-refractivity contribution in [2.75, 3.05) is 0 Å². The Bertz CT molecular complexity index is 1160. The Morgan fingerprint density at radius 3 is 1.94 bits per heavy atom. The van der Waals surface area contributed by atoms with Crippen molar-refractivity contribution in [2.45, 2.75) is 30.4 Å². The molecule has 0 radical (unpaired) electrons. The van der Waals surface area contributed by atoms with E-state index >= 15 is 0 Å². The second-order valence-electron chi connectivity index (χ2n) is 6.31. The van der Waals surface area contributed by atoms with Gasteiger partial charge in [-0.15, -0.1) is 0 Å². The summed E-state index contributed by atoms with van der Waals surface area (Å²) in [5.74, 6) is -0.220. The lowest BCUT2D eigenvalue weighted by atomic mass is 10.2. The van der Waals surface area contributed by atoms with E-state index in [1.165, 1.54) is 4.57 Å². The van der Waals surface area contributed by atoms with Crippen molar-refractivity contribution < 1.29 is 26.3 Å². The molecule has 2 aromatic heterocycles. The average Bonchev–Trinajstić information content (AvgIpc) is 3.11. The Balaban J connectivity index is 2.41. The number of thioether (sulfide) groups is 1. The smallest absolute Gasteiger partial charge is 0.302 e. The van der Waals surface area contributed by atoms with E-state index in [2.05, 4.69) is 5.10 Å². The van der Waals surface area contributed by atoms with Crippen LogP contribution in [0.25, 0.3) is 11.5 Å². The van der Waals surface area contributed by atoms with Crippen molar-refractivity contribution in [3.63, 3.8) is 0 Å². The van der Waals surface area contributed by atoms with Gasteiger partial charge in [-0.05, 0) is 49.9 Å². The van der Waals surface area contributed by atoms with Crippen LogP contribution in [0.4, 0.5) is 26.3 Å². The zero-order valence-corrected chi connectivity index (χ0v) is 17.9. The van der Waals surface area contributed by atoms with E-state index in [1.807, 2.05) is 0 Å². The maximum Gasteiger partial charge on any atom is 0.446 e. The molecule has 0 spiro atoms. The van der Waals surface area contributed by atoms with Crippen molar-refractivity contribution in [3.05, 3.63) is 57.0 Å². The Hall–Kier alpha value is -2.29. The van der Waals surface area contributed by atoms with E-state index in [9.17, 15) is 31.6 Å². The molecule has 13 heteroatoms. The average molecular weight is 499 g/mol. The fourth-order valence-corrected chi connectivity index (χ4v) is 4.29. The van der Waals surface area contributed by atoms with Crippen molar-refractivity contribution in [2.24, 2.45) is 0 Å². The van der Waals surface area contributed by atoms with Gasteiger partial charge in [-0.2, -0.15) is 36.7 Å². The van der Waals surface area contributed by atoms with Crippen LogP contribution in [0.5, 0.6) is 0 Å². The molecule has 0 N–H and O–H groups in total. The normalized spacial score (nSPS) is 12.3. The molecule has 31 heavy (non-hydrogen) atoms. The highest BCUT2D eigenvalue weighted by molar-refractivity contribution is 8.00. The Kier molecular flexibility index (Phi) is 6.03. The second kappa shape index (κ2) is 8.00. The summed E-state index contributed by atoms with van der Waals surface area (Å²) in [6, 6.07) is 6.01. The van der Waals surface area contributed by atoms with Gasteiger partial charge >= 0.3 is 11.7 Å². The van der Waals surface area contributed by atoms with Gasteiger partial charge in [-0.3, -0.25) is 0 Å². The van der Waals surface area contributed by atoms with E-state index in [4.69, 9.17) is 23.2 Å². The Morgan fingerprint density at radius 1 is 1.00 bits per heavy atom. The lowest BCUT2D eigenvalue weighted by Gasteiger charge is -2.17. The number of hydrogen-bond donors (Lipinski definition) is 0. The summed E-state index contributed by atoms with van der Waals surface area (Å²) in [7, 11) is 0. The van der Waals surface area contributed by atoms with Crippen molar-refractivity contribution >= 4 is 35.0 Å². The highest BCUT2D eigenvalue weighted by Crippen LogP contribution is 2.45. The van der Waals surface area contributed by atoms with E-state index in [1.54, 1.807) is 32.0 Å². The fourth-order valence-electron chi connectivity index (χ4n) is 2.96. The third kappa shape index (κ3) is 4.51. The summed E-state index contributed by atoms with van der Waals surface area (Å²) in [5.41, 5.74) is -5.80. The first-order valence-corrected chi connectivity index (χ1v) is 9.82. The molecule has 0 aliphatic heterocycles. The Morgan fingerprint density at radius 2 is 1.52 bits per heavy atom. The van der Waals surface area contributed by atoms with Gasteiger partial charge in [0.2, 0.25) is 0 Å². The predicted molar refractivity (Wildman–Crippen MR) is 104 cm³/mol. The van der Waals surface area contributed by atoms with E-state index in [0.29, 0.717) is 23.5 Å². The van der Waals surface area contributed by atoms with Gasteiger partial charge in [0.05, 0.1) is 20.5 Å². The number of nitrogens with zero attached hydrogens (tertiary/aromatic N) is 4. The molecule has 0 unspecified atom stereocenters. The summed E-state index contributed by atoms with van der Waals surface area (Å²) < 4.78 is 81.3. The van der Waals surface area contributed by atoms with E-state index in [-0.39, 0.29) is 11.5 Å². The molecule has 0 saturated heterocycles. The molecule has 164 valence electrons. The number of hydrogen-bond acceptors (Lipinski definition) is 3. The number of aryl methyl sites for hydroxylation is 2. The van der Waals surface area contributed by atoms with E-state index < -0.39 is 49.6 Å². The number of alkyl halides is 6. The fraction of sp³-hybridized carbons (Fsp3) is 0.222. The summed E-state index contributed by atoms with van der Waals surface area (Å²) in [6.07, 6.45) is -4.75. The van der Waals surface area contributed by atoms with Crippen molar-refractivity contribution in [1.82, 2.24) is 14.3 Å². The van der Waals surface area contributed by atoms with Crippen LogP contribution in [0.3, 0.4) is 0 Å². The standard InChI is InChI=1S/C18H10Cl2F6N4S/c1-8-3-4-9(2)29(8)16-15(31-18(24,25)26)13(7-27)28-30(16)14-11(19)5-10(6-12(14)20)17(21,22)23/h3-6H,1-2H3. The number of rotatable bonds is 3. The van der Waals surface area contributed by atoms with Gasteiger partial charge in [-0.25, -0.2) is 4.68 Å². The summed E-state index contributed by atoms with van der Waals surface area (Å²) in [4.78, 5) is -0.538. The van der Waals surface area contributed by atoms with Gasteiger partial charge in [0.25, 0.3) is 0 Å². The van der Waals surface area contributed by atoms with Gasteiger partial charge < -0.3 is 4.57 Å². The molecule has 0 saturated carbocycles. The van der Waals surface area contributed by atoms with Gasteiger partial charge in [0.15, 0.2) is 11.5 Å². The molecule has 1 aromatic carbocycles. The molecule has 0 aliphatic rings. The van der Waals surface area contributed by atoms with E-state index in [0.717, 1.165) is 4.68 Å². The minimum Gasteiger partial charge on any atom is -0.302 e. The molecule has 0 amide bonds. The van der Waals surface area contributed by atoms with Crippen LogP contribution in [-0.2, 0) is 6.18 Å². The molecular weight excluding hydrogens is 489 g/mol. The zero-order chi connectivity index (χ0) is 23.3. The van der Waals surface area contributed by atoms with Gasteiger partial charge in [-0.1, -0.05) is 23.2 Å². The van der Waals surface area contributed by atoms with Crippen molar-refractivity contribution in [3.8, 4) is 17.6 Å². The third-order valence-electron chi connectivity index (χ3n) is 4.18. The highest BCUT2D eigenvalue weighted by atomic mass is 35.5. The summed E-state index contributed by atoms with van der Waals surface area (Å²) in [5, 5.41) is 12.3. The second-order valence-corrected chi connectivity index (χ2v) is 8.20. The SMILES string of the molecule is Cc1ccc(C)n1-c1c(SC(F)(F)F)c(C#N)nn1-c1c(Cl)cc(C(F)(F)F)cc1Cl. The van der Waals surface area contributed by atoms with Gasteiger partial charge in [0, 0.05) is 11.4 Å². The molecule has 0 fully saturated rings. The lowest BCUT2D eigenvalue weighted by molar-refractivity contribution is -0.137. The third-order valence-corrected chi connectivity index (χ3v) is 5.57. The first kappa shape index (κ1) is 23.4. The monoisotopic (exact) mass is 498 g/mol. The maximum absolute atomic E-state index is 13.3. The molecular formula is C18H10Cl2F6N4S. The quantitative estimate of drug-likeness (QED) is 0.286. The zero-order valence-electron chi connectivity index (χ0n) is 15.5. The predicted octanol–water partition coefficient (Wildman–Crippen LogP) is 7.09. The largest absolute Gasteiger partial charge is 0.446 e. The van der Waals surface area contributed by atoms with Crippen molar-refractivity contribution in [1.29, 1.82) is 5.26 Å². The maximum atomic E-state index is 13.3. The molecule has 0 atom stereocenters. The Labute approximate surface area is 186 Å². The molecule has 4 nitrogen and oxygen atoms in total. The number of halogens is 8. The van der Waals surface area contributed by atoms with Crippen LogP contribution in [0.1, 0.15) is 22.6 Å². The van der Waals surface area contributed by atoms with Crippen LogP contribution in [0.15, 0.2) is 29.2 Å². The molecule has 3 rings (SSSR count). The molecule has 0 aliphatic carbocycles. The number of aromatic nitrogens is 3. The lowest BCUT2D eigenvalue weighted by Crippen LogP contribution is -2.12. The van der Waals surface area contributed by atoms with Crippen LogP contribution in [0.2, 0.25) is 10.0 Å². The topological polar surface area (TPSA) is 46.5 Å². The first-order valence-electron chi connectivity index (χ1n) is 8.25. The van der Waals surface area contributed by atoms with Crippen LogP contribution >= 0.6 is 35.0 Å².